The van der Waals surface area contributed by atoms with E-state index in [2.05, 4.69) is 6.92 Å². The Kier molecular flexibility index (Phi) is 6.10. The van der Waals surface area contributed by atoms with Crippen molar-refractivity contribution in [2.75, 3.05) is 6.61 Å². The number of fused-ring (bicyclic) bond motifs is 1. The average Bonchev–Trinajstić information content (AvgIpc) is 2.81. The third-order valence-electron chi connectivity index (χ3n) is 8.36. The summed E-state index contributed by atoms with van der Waals surface area (Å²) in [6, 6.07) is 0. The number of hydrogen-bond acceptors (Lipinski definition) is 1. The van der Waals surface area contributed by atoms with Gasteiger partial charge in [0.2, 0.25) is 0 Å². The zero-order chi connectivity index (χ0) is 17.1. The minimum atomic E-state index is 0.560. The van der Waals surface area contributed by atoms with Crippen molar-refractivity contribution in [1.29, 1.82) is 0 Å². The third-order valence-corrected chi connectivity index (χ3v) is 8.36. The monoisotopic (exact) mass is 346 g/mol. The van der Waals surface area contributed by atoms with E-state index in [9.17, 15) is 0 Å². The Balaban J connectivity index is 1.31. The second-order valence-corrected chi connectivity index (χ2v) is 10.5. The quantitative estimate of drug-likeness (QED) is 0.454. The standard InChI is InChI=1S/C24H42O/c1-2-6-23(25-12-11-19-7-4-3-5-8-19)18-24-15-20-9-10-21(16-24)14-22(13-20)17-24/h19-23H,2-18H2,1H3. The first-order valence-corrected chi connectivity index (χ1v) is 11.9. The van der Waals surface area contributed by atoms with Gasteiger partial charge in [-0.3, -0.25) is 0 Å². The molecule has 0 N–H and O–H groups in total. The van der Waals surface area contributed by atoms with Gasteiger partial charge < -0.3 is 4.74 Å². The van der Waals surface area contributed by atoms with Gasteiger partial charge in [-0.25, -0.2) is 0 Å². The van der Waals surface area contributed by atoms with Gasteiger partial charge in [0.1, 0.15) is 0 Å². The van der Waals surface area contributed by atoms with E-state index >= 15 is 0 Å². The summed E-state index contributed by atoms with van der Waals surface area (Å²) < 4.78 is 6.57. The van der Waals surface area contributed by atoms with Gasteiger partial charge >= 0.3 is 0 Å². The lowest BCUT2D eigenvalue weighted by atomic mass is 9.56. The fourth-order valence-electron chi connectivity index (χ4n) is 7.55. The van der Waals surface area contributed by atoms with E-state index in [1.807, 2.05) is 0 Å². The summed E-state index contributed by atoms with van der Waals surface area (Å²) >= 11 is 0. The molecule has 3 unspecified atom stereocenters. The van der Waals surface area contributed by atoms with Crippen molar-refractivity contribution >= 4 is 0 Å². The van der Waals surface area contributed by atoms with E-state index in [0.29, 0.717) is 11.5 Å². The predicted octanol–water partition coefficient (Wildman–Crippen LogP) is 7.14. The molecule has 0 spiro atoms. The van der Waals surface area contributed by atoms with E-state index in [1.165, 1.54) is 57.8 Å². The van der Waals surface area contributed by atoms with Crippen LogP contribution in [-0.2, 0) is 4.74 Å². The molecule has 0 aromatic rings. The lowest BCUT2D eigenvalue weighted by molar-refractivity contribution is -0.0430. The third kappa shape index (κ3) is 4.63. The van der Waals surface area contributed by atoms with Gasteiger partial charge in [-0.2, -0.15) is 0 Å². The van der Waals surface area contributed by atoms with Crippen LogP contribution in [0.15, 0.2) is 0 Å². The highest BCUT2D eigenvalue weighted by molar-refractivity contribution is 5.00. The molecule has 0 saturated heterocycles. The Morgan fingerprint density at radius 3 is 2.24 bits per heavy atom. The number of ether oxygens (including phenoxy) is 1. The van der Waals surface area contributed by atoms with Crippen molar-refractivity contribution in [3.05, 3.63) is 0 Å². The Bertz CT molecular complexity index is 394. The van der Waals surface area contributed by atoms with Crippen LogP contribution >= 0.6 is 0 Å². The molecule has 25 heavy (non-hydrogen) atoms. The summed E-state index contributed by atoms with van der Waals surface area (Å²) in [5.41, 5.74) is 0.678. The minimum absolute atomic E-state index is 0.560. The van der Waals surface area contributed by atoms with E-state index in [-0.39, 0.29) is 0 Å². The molecule has 144 valence electrons. The van der Waals surface area contributed by atoms with Gasteiger partial charge in [0.25, 0.3) is 0 Å². The Hall–Kier alpha value is -0.0400. The highest BCUT2D eigenvalue weighted by Crippen LogP contribution is 2.59. The van der Waals surface area contributed by atoms with Crippen LogP contribution in [-0.4, -0.2) is 12.7 Å². The molecule has 0 aromatic heterocycles. The second-order valence-electron chi connectivity index (χ2n) is 10.5. The van der Waals surface area contributed by atoms with Crippen LogP contribution in [0.1, 0.15) is 110 Å². The van der Waals surface area contributed by atoms with Gasteiger partial charge in [0.05, 0.1) is 6.10 Å². The van der Waals surface area contributed by atoms with Crippen molar-refractivity contribution < 1.29 is 4.74 Å². The molecule has 5 rings (SSSR count). The smallest absolute Gasteiger partial charge is 0.0580 e. The highest BCUT2D eigenvalue weighted by atomic mass is 16.5. The first-order valence-electron chi connectivity index (χ1n) is 11.9. The molecule has 0 amide bonds. The van der Waals surface area contributed by atoms with Gasteiger partial charge in [-0.05, 0) is 80.5 Å². The molecule has 5 aliphatic carbocycles. The summed E-state index contributed by atoms with van der Waals surface area (Å²) in [5, 5.41) is 0. The summed E-state index contributed by atoms with van der Waals surface area (Å²) in [6.07, 6.45) is 24.1. The van der Waals surface area contributed by atoms with Crippen LogP contribution in [0.5, 0.6) is 0 Å². The summed E-state index contributed by atoms with van der Waals surface area (Å²) in [5.74, 6) is 4.18. The maximum absolute atomic E-state index is 6.57. The number of rotatable bonds is 8. The number of hydrogen-bond donors (Lipinski definition) is 0. The fourth-order valence-corrected chi connectivity index (χ4v) is 7.55. The van der Waals surface area contributed by atoms with Gasteiger partial charge in [-0.15, -0.1) is 0 Å². The molecule has 0 radical (unpaired) electrons. The summed E-state index contributed by atoms with van der Waals surface area (Å²) in [4.78, 5) is 0. The normalized spacial score (nSPS) is 39.5. The Labute approximate surface area is 156 Å². The highest BCUT2D eigenvalue weighted by Gasteiger charge is 2.49. The van der Waals surface area contributed by atoms with Crippen molar-refractivity contribution in [2.24, 2.45) is 29.1 Å². The molecule has 5 aliphatic rings. The molecule has 1 heteroatoms. The van der Waals surface area contributed by atoms with E-state index in [1.54, 1.807) is 44.9 Å². The Morgan fingerprint density at radius 2 is 1.56 bits per heavy atom. The van der Waals surface area contributed by atoms with Crippen molar-refractivity contribution in [2.45, 2.75) is 116 Å². The maximum atomic E-state index is 6.57. The SMILES string of the molecule is CCCC(CC12CC3CCC(CC(C3)C1)C2)OCCC1CCCCC1. The predicted molar refractivity (Wildman–Crippen MR) is 106 cm³/mol. The van der Waals surface area contributed by atoms with Crippen LogP contribution in [0, 0.1) is 29.1 Å². The average molecular weight is 347 g/mol. The molecule has 1 nitrogen and oxygen atoms in total. The molecular weight excluding hydrogens is 304 g/mol. The largest absolute Gasteiger partial charge is 0.378 e. The van der Waals surface area contributed by atoms with E-state index in [0.717, 1.165) is 30.3 Å². The van der Waals surface area contributed by atoms with Crippen LogP contribution in [0.25, 0.3) is 0 Å². The second kappa shape index (κ2) is 8.32. The maximum Gasteiger partial charge on any atom is 0.0580 e. The van der Waals surface area contributed by atoms with Crippen LogP contribution in [0.3, 0.4) is 0 Å². The molecule has 0 aliphatic heterocycles. The van der Waals surface area contributed by atoms with Crippen LogP contribution < -0.4 is 0 Å². The van der Waals surface area contributed by atoms with Crippen LogP contribution in [0.2, 0.25) is 0 Å². The van der Waals surface area contributed by atoms with Gasteiger partial charge in [0, 0.05) is 6.61 Å². The molecule has 3 atom stereocenters. The van der Waals surface area contributed by atoms with E-state index < -0.39 is 0 Å². The van der Waals surface area contributed by atoms with Crippen molar-refractivity contribution in [3.8, 4) is 0 Å². The first kappa shape index (κ1) is 18.3. The van der Waals surface area contributed by atoms with Gasteiger partial charge in [0.15, 0.2) is 0 Å². The van der Waals surface area contributed by atoms with Crippen molar-refractivity contribution in [1.82, 2.24) is 0 Å². The molecule has 4 bridgehead atoms. The Morgan fingerprint density at radius 1 is 0.880 bits per heavy atom. The van der Waals surface area contributed by atoms with Crippen molar-refractivity contribution in [3.63, 3.8) is 0 Å². The topological polar surface area (TPSA) is 9.23 Å². The van der Waals surface area contributed by atoms with E-state index in [4.69, 9.17) is 4.74 Å². The lowest BCUT2D eigenvalue weighted by Crippen LogP contribution is -2.40. The molecule has 5 fully saturated rings. The molecule has 0 heterocycles. The van der Waals surface area contributed by atoms with Gasteiger partial charge in [-0.1, -0.05) is 58.3 Å². The minimum Gasteiger partial charge on any atom is -0.378 e. The lowest BCUT2D eigenvalue weighted by Gasteiger charge is -2.49. The molecule has 0 aromatic carbocycles. The molecular formula is C24H42O. The fraction of sp³-hybridized carbons (Fsp3) is 1.00. The summed E-state index contributed by atoms with van der Waals surface area (Å²) in [6.45, 7) is 3.39. The van der Waals surface area contributed by atoms with Crippen LogP contribution in [0.4, 0.5) is 0 Å². The zero-order valence-electron chi connectivity index (χ0n) is 16.8. The molecule has 5 saturated carbocycles. The zero-order valence-corrected chi connectivity index (χ0v) is 16.8. The first-order chi connectivity index (χ1) is 12.2. The summed E-state index contributed by atoms with van der Waals surface area (Å²) in [7, 11) is 0.